The first-order valence-corrected chi connectivity index (χ1v) is 7.02. The van der Waals surface area contributed by atoms with Crippen molar-refractivity contribution in [1.29, 1.82) is 0 Å². The Labute approximate surface area is 104 Å². The predicted molar refractivity (Wildman–Crippen MR) is 67.9 cm³/mol. The highest BCUT2D eigenvalue weighted by molar-refractivity contribution is 5.67. The Kier molecular flexibility index (Phi) is 4.08. The number of rotatable bonds is 4. The second-order valence-corrected chi connectivity index (χ2v) is 6.23. The average molecular weight is 239 g/mol. The Hall–Kier alpha value is -0.570. The van der Waals surface area contributed by atoms with Gasteiger partial charge in [0.25, 0.3) is 0 Å². The number of piperidine rings is 1. The molecule has 2 rings (SSSR count). The third kappa shape index (κ3) is 3.21. The Morgan fingerprint density at radius 3 is 2.71 bits per heavy atom. The molecule has 98 valence electrons. The van der Waals surface area contributed by atoms with Crippen molar-refractivity contribution >= 4 is 5.97 Å². The van der Waals surface area contributed by atoms with Crippen LogP contribution < -0.4 is 0 Å². The quantitative estimate of drug-likeness (QED) is 0.820. The van der Waals surface area contributed by atoms with E-state index in [2.05, 4.69) is 18.7 Å². The first kappa shape index (κ1) is 12.9. The minimum atomic E-state index is -0.634. The summed E-state index contributed by atoms with van der Waals surface area (Å²) in [6.07, 6.45) is 5.30. The number of likely N-dealkylation sites (tertiary alicyclic amines) is 1. The number of carboxylic acids is 1. The lowest BCUT2D eigenvalue weighted by atomic mass is 9.72. The maximum atomic E-state index is 10.8. The largest absolute Gasteiger partial charge is 0.481 e. The second kappa shape index (κ2) is 5.38. The van der Waals surface area contributed by atoms with Crippen LogP contribution in [0.5, 0.6) is 0 Å². The van der Waals surface area contributed by atoms with Crippen molar-refractivity contribution in [2.24, 2.45) is 17.8 Å². The number of carbonyl (C=O) groups is 1. The molecule has 1 N–H and O–H groups in total. The monoisotopic (exact) mass is 239 g/mol. The normalized spacial score (nSPS) is 34.6. The van der Waals surface area contributed by atoms with Crippen molar-refractivity contribution in [3.05, 3.63) is 0 Å². The fraction of sp³-hybridized carbons (Fsp3) is 0.929. The topological polar surface area (TPSA) is 40.5 Å². The van der Waals surface area contributed by atoms with E-state index in [1.54, 1.807) is 0 Å². The summed E-state index contributed by atoms with van der Waals surface area (Å²) in [5.41, 5.74) is 0. The maximum absolute atomic E-state index is 10.8. The molecule has 0 aromatic rings. The van der Waals surface area contributed by atoms with Crippen molar-refractivity contribution in [2.45, 2.75) is 52.0 Å². The van der Waals surface area contributed by atoms with Crippen LogP contribution in [0.1, 0.15) is 46.0 Å². The number of aliphatic carboxylic acids is 1. The van der Waals surface area contributed by atoms with E-state index >= 15 is 0 Å². The van der Waals surface area contributed by atoms with Gasteiger partial charge in [0.1, 0.15) is 0 Å². The molecule has 1 aliphatic carbocycles. The highest BCUT2D eigenvalue weighted by atomic mass is 16.4. The van der Waals surface area contributed by atoms with E-state index in [9.17, 15) is 4.79 Å². The van der Waals surface area contributed by atoms with Crippen LogP contribution in [0.4, 0.5) is 0 Å². The zero-order valence-corrected chi connectivity index (χ0v) is 11.1. The Balaban J connectivity index is 1.77. The van der Waals surface area contributed by atoms with Gasteiger partial charge in [-0.15, -0.1) is 0 Å². The first-order valence-electron chi connectivity index (χ1n) is 7.02. The molecular formula is C14H25NO2. The van der Waals surface area contributed by atoms with Crippen LogP contribution in [0.25, 0.3) is 0 Å². The van der Waals surface area contributed by atoms with E-state index in [1.807, 2.05) is 0 Å². The Bertz CT molecular complexity index is 271. The molecule has 1 atom stereocenters. The van der Waals surface area contributed by atoms with Crippen molar-refractivity contribution in [3.63, 3.8) is 0 Å². The molecule has 0 spiro atoms. The van der Waals surface area contributed by atoms with Crippen LogP contribution in [-0.4, -0.2) is 35.1 Å². The van der Waals surface area contributed by atoms with Gasteiger partial charge in [0.05, 0.1) is 0 Å². The van der Waals surface area contributed by atoms with Crippen molar-refractivity contribution in [2.75, 3.05) is 13.1 Å². The van der Waals surface area contributed by atoms with Crippen LogP contribution >= 0.6 is 0 Å². The summed E-state index contributed by atoms with van der Waals surface area (Å²) in [5.74, 6) is 1.47. The van der Waals surface area contributed by atoms with Crippen molar-refractivity contribution in [3.8, 4) is 0 Å². The van der Waals surface area contributed by atoms with E-state index in [-0.39, 0.29) is 0 Å². The lowest BCUT2D eigenvalue weighted by Gasteiger charge is -2.47. The molecule has 1 unspecified atom stereocenters. The van der Waals surface area contributed by atoms with Crippen LogP contribution in [0.2, 0.25) is 0 Å². The molecule has 1 aliphatic heterocycles. The van der Waals surface area contributed by atoms with E-state index in [0.717, 1.165) is 30.8 Å². The van der Waals surface area contributed by atoms with Crippen molar-refractivity contribution in [1.82, 2.24) is 4.90 Å². The summed E-state index contributed by atoms with van der Waals surface area (Å²) in [4.78, 5) is 13.3. The van der Waals surface area contributed by atoms with Crippen LogP contribution in [0, 0.1) is 17.8 Å². The van der Waals surface area contributed by atoms with Crippen LogP contribution in [0.3, 0.4) is 0 Å². The molecule has 17 heavy (non-hydrogen) atoms. The maximum Gasteiger partial charge on any atom is 0.303 e. The number of hydrogen-bond donors (Lipinski definition) is 1. The second-order valence-electron chi connectivity index (χ2n) is 6.23. The summed E-state index contributed by atoms with van der Waals surface area (Å²) in [6.45, 7) is 6.82. The van der Waals surface area contributed by atoms with Gasteiger partial charge in [0, 0.05) is 19.0 Å². The molecule has 3 heteroatoms. The molecule has 1 saturated carbocycles. The van der Waals surface area contributed by atoms with E-state index in [4.69, 9.17) is 5.11 Å². The molecule has 0 bridgehead atoms. The Morgan fingerprint density at radius 2 is 2.12 bits per heavy atom. The molecule has 3 nitrogen and oxygen atoms in total. The fourth-order valence-electron chi connectivity index (χ4n) is 3.31. The molecule has 0 radical (unpaired) electrons. The highest BCUT2D eigenvalue weighted by Crippen LogP contribution is 2.38. The number of nitrogens with zero attached hydrogens (tertiary/aromatic N) is 1. The van der Waals surface area contributed by atoms with E-state index in [1.165, 1.54) is 25.8 Å². The predicted octanol–water partition coefficient (Wildman–Crippen LogP) is 2.61. The van der Waals surface area contributed by atoms with Gasteiger partial charge in [-0.05, 0) is 50.0 Å². The summed E-state index contributed by atoms with van der Waals surface area (Å²) in [6, 6.07) is 0.749. The molecular weight excluding hydrogens is 214 g/mol. The van der Waals surface area contributed by atoms with Crippen LogP contribution in [-0.2, 0) is 4.79 Å². The Morgan fingerprint density at radius 1 is 1.41 bits per heavy atom. The van der Waals surface area contributed by atoms with Gasteiger partial charge in [0.2, 0.25) is 0 Å². The molecule has 0 amide bonds. The van der Waals surface area contributed by atoms with Gasteiger partial charge in [0.15, 0.2) is 0 Å². The first-order chi connectivity index (χ1) is 8.06. The standard InChI is InChI=1S/C14H25NO2/c1-10(2)12-7-13(8-12)15-5-3-4-11(9-15)6-14(16)17/h10-13H,3-9H2,1-2H3,(H,16,17). The third-order valence-electron chi connectivity index (χ3n) is 4.62. The van der Waals surface area contributed by atoms with Gasteiger partial charge < -0.3 is 10.0 Å². The third-order valence-corrected chi connectivity index (χ3v) is 4.62. The number of carboxylic acid groups (broad SMARTS) is 1. The van der Waals surface area contributed by atoms with Gasteiger partial charge in [-0.25, -0.2) is 0 Å². The van der Waals surface area contributed by atoms with Gasteiger partial charge in [-0.3, -0.25) is 4.79 Å². The van der Waals surface area contributed by atoms with Crippen molar-refractivity contribution < 1.29 is 9.90 Å². The zero-order valence-electron chi connectivity index (χ0n) is 11.1. The average Bonchev–Trinajstić information content (AvgIpc) is 2.13. The summed E-state index contributed by atoms with van der Waals surface area (Å²) in [7, 11) is 0. The van der Waals surface area contributed by atoms with Gasteiger partial charge in [-0.2, -0.15) is 0 Å². The molecule has 0 aromatic heterocycles. The minimum absolute atomic E-state index is 0.358. The zero-order chi connectivity index (χ0) is 12.4. The van der Waals surface area contributed by atoms with E-state index in [0.29, 0.717) is 12.3 Å². The SMILES string of the molecule is CC(C)C1CC(N2CCCC(CC(=O)O)C2)C1. The molecule has 1 saturated heterocycles. The van der Waals surface area contributed by atoms with E-state index < -0.39 is 5.97 Å². The molecule has 1 heterocycles. The molecule has 0 aromatic carbocycles. The highest BCUT2D eigenvalue weighted by Gasteiger charge is 2.37. The van der Waals surface area contributed by atoms with Gasteiger partial charge >= 0.3 is 5.97 Å². The molecule has 2 fully saturated rings. The van der Waals surface area contributed by atoms with Crippen LogP contribution in [0.15, 0.2) is 0 Å². The lowest BCUT2D eigenvalue weighted by molar-refractivity contribution is -0.138. The lowest BCUT2D eigenvalue weighted by Crippen LogP contribution is -2.50. The summed E-state index contributed by atoms with van der Waals surface area (Å²) >= 11 is 0. The summed E-state index contributed by atoms with van der Waals surface area (Å²) in [5, 5.41) is 8.86. The minimum Gasteiger partial charge on any atom is -0.481 e. The molecule has 2 aliphatic rings. The number of hydrogen-bond acceptors (Lipinski definition) is 2. The van der Waals surface area contributed by atoms with Gasteiger partial charge in [-0.1, -0.05) is 13.8 Å². The summed E-state index contributed by atoms with van der Waals surface area (Å²) < 4.78 is 0. The fourth-order valence-corrected chi connectivity index (χ4v) is 3.31. The smallest absolute Gasteiger partial charge is 0.303 e.